The van der Waals surface area contributed by atoms with E-state index in [-0.39, 0.29) is 36.1 Å². The van der Waals surface area contributed by atoms with Crippen LogP contribution in [0.25, 0.3) is 0 Å². The Morgan fingerprint density at radius 2 is 1.94 bits per heavy atom. The molecule has 2 N–H and O–H groups in total. The summed E-state index contributed by atoms with van der Waals surface area (Å²) in [5, 5.41) is 20.5. The van der Waals surface area contributed by atoms with Crippen LogP contribution in [0.2, 0.25) is 0 Å². The van der Waals surface area contributed by atoms with E-state index in [0.717, 1.165) is 18.4 Å². The molecule has 0 aromatic heterocycles. The lowest BCUT2D eigenvalue weighted by molar-refractivity contribution is -0.184. The molecule has 1 fully saturated rings. The van der Waals surface area contributed by atoms with E-state index < -0.39 is 11.7 Å². The molecule has 0 spiro atoms. The Labute approximate surface area is 193 Å². The minimum atomic E-state index is -0.932. The van der Waals surface area contributed by atoms with Crippen molar-refractivity contribution in [1.82, 2.24) is 0 Å². The lowest BCUT2D eigenvalue weighted by Gasteiger charge is -2.44. The fourth-order valence-corrected chi connectivity index (χ4v) is 5.75. The van der Waals surface area contributed by atoms with E-state index >= 15 is 0 Å². The van der Waals surface area contributed by atoms with E-state index in [9.17, 15) is 15.0 Å². The van der Waals surface area contributed by atoms with E-state index in [1.54, 1.807) is 0 Å². The van der Waals surface area contributed by atoms with Crippen molar-refractivity contribution in [2.45, 2.75) is 103 Å². The summed E-state index contributed by atoms with van der Waals surface area (Å²) in [7, 11) is 0. The van der Waals surface area contributed by atoms with Crippen molar-refractivity contribution in [3.8, 4) is 0 Å². The first kappa shape index (κ1) is 25.4. The molecule has 3 aliphatic rings. The van der Waals surface area contributed by atoms with E-state index in [0.29, 0.717) is 51.2 Å². The fourth-order valence-electron chi connectivity index (χ4n) is 5.75. The molecular weight excluding hydrogens is 408 g/mol. The molecule has 0 unspecified atom stereocenters. The third kappa shape index (κ3) is 5.64. The highest BCUT2D eigenvalue weighted by atomic mass is 16.6. The van der Waals surface area contributed by atoms with Crippen LogP contribution in [0.1, 0.15) is 72.6 Å². The van der Waals surface area contributed by atoms with Crippen molar-refractivity contribution in [2.75, 3.05) is 13.2 Å². The van der Waals surface area contributed by atoms with Gasteiger partial charge in [0, 0.05) is 25.6 Å². The van der Waals surface area contributed by atoms with Crippen LogP contribution in [0, 0.1) is 17.8 Å². The number of hydrogen-bond acceptors (Lipinski definition) is 6. The van der Waals surface area contributed by atoms with Crippen molar-refractivity contribution >= 4 is 5.97 Å². The van der Waals surface area contributed by atoms with E-state index in [1.807, 2.05) is 26.8 Å². The summed E-state index contributed by atoms with van der Waals surface area (Å²) in [6.07, 6.45) is 9.70. The molecule has 2 aliphatic carbocycles. The zero-order valence-electron chi connectivity index (χ0n) is 20.2. The molecule has 182 valence electrons. The molecule has 1 heterocycles. The van der Waals surface area contributed by atoms with Gasteiger partial charge in [-0.2, -0.15) is 0 Å². The SMILES string of the molecule is CCOC(CC)(CC)C(=O)O[C@H]1C[C@H](O)C=C2C=C[C@H](C)[C@H](CC[C@@H]3C[C@H](O)CCO3)[C@H]21. The topological polar surface area (TPSA) is 85.2 Å². The number of carbonyl (C=O) groups is 1. The molecule has 0 aromatic rings. The molecule has 32 heavy (non-hydrogen) atoms. The molecule has 0 saturated carbocycles. The molecule has 0 radical (unpaired) electrons. The standard InChI is InChI=1S/C26H42O6/c1-5-26(6-2,31-7-3)25(29)32-23-16-20(28)14-18-9-8-17(4)22(24(18)23)11-10-21-15-19(27)12-13-30-21/h8-9,14,17,19-24,27-28H,5-7,10-13,15-16H2,1-4H3/t17-,19+,20+,21+,22-,23-,24-/m0/s1. The van der Waals surface area contributed by atoms with Crippen LogP contribution in [-0.4, -0.2) is 59.4 Å². The lowest BCUT2D eigenvalue weighted by atomic mass is 9.66. The predicted molar refractivity (Wildman–Crippen MR) is 123 cm³/mol. The second kappa shape index (κ2) is 11.3. The van der Waals surface area contributed by atoms with Crippen molar-refractivity contribution < 1.29 is 29.2 Å². The molecule has 1 aliphatic heterocycles. The van der Waals surface area contributed by atoms with Crippen LogP contribution in [-0.2, 0) is 19.0 Å². The van der Waals surface area contributed by atoms with Gasteiger partial charge in [-0.15, -0.1) is 0 Å². The van der Waals surface area contributed by atoms with Crippen molar-refractivity contribution in [2.24, 2.45) is 17.8 Å². The highest BCUT2D eigenvalue weighted by Crippen LogP contribution is 2.44. The van der Waals surface area contributed by atoms with Gasteiger partial charge in [0.15, 0.2) is 5.60 Å². The summed E-state index contributed by atoms with van der Waals surface area (Å²) in [6.45, 7) is 9.07. The Morgan fingerprint density at radius 3 is 2.59 bits per heavy atom. The molecule has 7 atom stereocenters. The summed E-state index contributed by atoms with van der Waals surface area (Å²) in [5.74, 6) is 0.339. The molecule has 3 rings (SSSR count). The van der Waals surface area contributed by atoms with Crippen LogP contribution in [0.5, 0.6) is 0 Å². The number of allylic oxidation sites excluding steroid dienone is 2. The van der Waals surface area contributed by atoms with Crippen molar-refractivity contribution in [3.05, 3.63) is 23.8 Å². The summed E-state index contributed by atoms with van der Waals surface area (Å²) < 4.78 is 17.9. The van der Waals surface area contributed by atoms with E-state index in [1.165, 1.54) is 0 Å². The van der Waals surface area contributed by atoms with Crippen molar-refractivity contribution in [3.63, 3.8) is 0 Å². The van der Waals surface area contributed by atoms with E-state index in [4.69, 9.17) is 14.2 Å². The second-order valence-electron chi connectivity index (χ2n) is 9.70. The maximum absolute atomic E-state index is 13.3. The Bertz CT molecular complexity index is 682. The largest absolute Gasteiger partial charge is 0.459 e. The number of carbonyl (C=O) groups excluding carboxylic acids is 1. The average Bonchev–Trinajstić information content (AvgIpc) is 2.77. The van der Waals surface area contributed by atoms with Gasteiger partial charge in [-0.1, -0.05) is 39.0 Å². The minimum absolute atomic E-state index is 0.0453. The minimum Gasteiger partial charge on any atom is -0.459 e. The number of aliphatic hydroxyl groups is 2. The first-order chi connectivity index (χ1) is 15.3. The Kier molecular flexibility index (Phi) is 8.96. The molecule has 1 saturated heterocycles. The van der Waals surface area contributed by atoms with Crippen LogP contribution in [0.4, 0.5) is 0 Å². The van der Waals surface area contributed by atoms with Gasteiger partial charge >= 0.3 is 5.97 Å². The van der Waals surface area contributed by atoms with Gasteiger partial charge < -0.3 is 24.4 Å². The maximum Gasteiger partial charge on any atom is 0.338 e. The summed E-state index contributed by atoms with van der Waals surface area (Å²) >= 11 is 0. The van der Waals surface area contributed by atoms with Crippen LogP contribution >= 0.6 is 0 Å². The molecule has 0 bridgehead atoms. The summed E-state index contributed by atoms with van der Waals surface area (Å²) in [6, 6.07) is 0. The number of esters is 1. The Balaban J connectivity index is 1.78. The van der Waals surface area contributed by atoms with E-state index in [2.05, 4.69) is 19.1 Å². The number of aliphatic hydroxyl groups excluding tert-OH is 2. The number of hydrogen-bond donors (Lipinski definition) is 2. The highest BCUT2D eigenvalue weighted by molar-refractivity contribution is 5.79. The van der Waals surface area contributed by atoms with Crippen LogP contribution in [0.15, 0.2) is 23.8 Å². The number of rotatable bonds is 9. The van der Waals surface area contributed by atoms with Gasteiger partial charge in [0.05, 0.1) is 18.3 Å². The van der Waals surface area contributed by atoms with Gasteiger partial charge in [-0.05, 0) is 62.9 Å². The number of ether oxygens (including phenoxy) is 3. The lowest BCUT2D eigenvalue weighted by Crippen LogP contribution is -2.48. The Morgan fingerprint density at radius 1 is 1.19 bits per heavy atom. The smallest absolute Gasteiger partial charge is 0.338 e. The van der Waals surface area contributed by atoms with Crippen molar-refractivity contribution in [1.29, 1.82) is 0 Å². The maximum atomic E-state index is 13.3. The molecular formula is C26H42O6. The fraction of sp³-hybridized carbons (Fsp3) is 0.808. The van der Waals surface area contributed by atoms with Gasteiger partial charge in [-0.25, -0.2) is 4.79 Å². The molecule has 6 nitrogen and oxygen atoms in total. The third-order valence-electron chi connectivity index (χ3n) is 7.73. The quantitative estimate of drug-likeness (QED) is 0.518. The second-order valence-corrected chi connectivity index (χ2v) is 9.70. The van der Waals surface area contributed by atoms with Crippen LogP contribution in [0.3, 0.4) is 0 Å². The molecule has 0 aromatic carbocycles. The zero-order chi connectivity index (χ0) is 23.3. The normalized spacial score (nSPS) is 35.2. The Hall–Kier alpha value is -1.21. The summed E-state index contributed by atoms with van der Waals surface area (Å²) in [5.41, 5.74) is 0.128. The highest BCUT2D eigenvalue weighted by Gasteiger charge is 2.45. The van der Waals surface area contributed by atoms with Crippen LogP contribution < -0.4 is 0 Å². The molecule has 6 heteroatoms. The zero-order valence-corrected chi connectivity index (χ0v) is 20.2. The van der Waals surface area contributed by atoms with Gasteiger partial charge in [-0.3, -0.25) is 0 Å². The average molecular weight is 451 g/mol. The number of fused-ring (bicyclic) bond motifs is 1. The van der Waals surface area contributed by atoms with Gasteiger partial charge in [0.25, 0.3) is 0 Å². The molecule has 0 amide bonds. The predicted octanol–water partition coefficient (Wildman–Crippen LogP) is 3.94. The first-order valence-corrected chi connectivity index (χ1v) is 12.6. The van der Waals surface area contributed by atoms with Gasteiger partial charge in [0.1, 0.15) is 6.10 Å². The third-order valence-corrected chi connectivity index (χ3v) is 7.73. The monoisotopic (exact) mass is 450 g/mol. The summed E-state index contributed by atoms with van der Waals surface area (Å²) in [4.78, 5) is 13.3. The van der Waals surface area contributed by atoms with Gasteiger partial charge in [0.2, 0.25) is 0 Å². The first-order valence-electron chi connectivity index (χ1n) is 12.6.